The standard InChI is InChI=1S/C24H13N3O4S/c28-22-15-5-1-2-6-16(15)23(29)20-19(22)21(13-9-11-14(12-10-13)27(30)31)26-17-7-3-4-8-18(17)32-24(26)25-20/h1-12,21H. The van der Waals surface area contributed by atoms with E-state index >= 15 is 0 Å². The maximum Gasteiger partial charge on any atom is 0.269 e. The van der Waals surface area contributed by atoms with Crippen molar-refractivity contribution >= 4 is 39.9 Å². The molecule has 0 amide bonds. The predicted molar refractivity (Wildman–Crippen MR) is 120 cm³/mol. The van der Waals surface area contributed by atoms with Crippen LogP contribution in [0.5, 0.6) is 0 Å². The number of rotatable bonds is 2. The van der Waals surface area contributed by atoms with Gasteiger partial charge in [-0.05, 0) is 41.6 Å². The lowest BCUT2D eigenvalue weighted by Gasteiger charge is -2.37. The molecule has 8 heteroatoms. The monoisotopic (exact) mass is 439 g/mol. The van der Waals surface area contributed by atoms with Crippen molar-refractivity contribution in [1.82, 2.24) is 0 Å². The van der Waals surface area contributed by atoms with E-state index in [1.807, 2.05) is 29.2 Å². The Bertz CT molecular complexity index is 1430. The molecule has 6 rings (SSSR count). The van der Waals surface area contributed by atoms with Crippen molar-refractivity contribution in [1.29, 1.82) is 0 Å². The molecule has 0 aromatic heterocycles. The summed E-state index contributed by atoms with van der Waals surface area (Å²) in [6.45, 7) is 0. The van der Waals surface area contributed by atoms with E-state index in [1.165, 1.54) is 23.9 Å². The van der Waals surface area contributed by atoms with Gasteiger partial charge in [0.1, 0.15) is 5.70 Å². The molecule has 0 saturated heterocycles. The lowest BCUT2D eigenvalue weighted by atomic mass is 9.81. The molecule has 0 saturated carbocycles. The van der Waals surface area contributed by atoms with Crippen LogP contribution in [0.4, 0.5) is 11.4 Å². The molecule has 0 N–H and O–H groups in total. The summed E-state index contributed by atoms with van der Waals surface area (Å²) in [7, 11) is 0. The van der Waals surface area contributed by atoms with E-state index in [9.17, 15) is 19.7 Å². The number of nitrogens with zero attached hydrogens (tertiary/aromatic N) is 3. The number of hydrogen-bond donors (Lipinski definition) is 0. The van der Waals surface area contributed by atoms with E-state index in [4.69, 9.17) is 0 Å². The van der Waals surface area contributed by atoms with E-state index in [-0.39, 0.29) is 23.0 Å². The molecular weight excluding hydrogens is 426 g/mol. The SMILES string of the molecule is O=C1C2=C(C(=O)c3ccccc31)C(c1ccc([N+](=O)[O-])cc1)N1C(=N2)Sc2ccccc21. The number of nitro benzene ring substituents is 1. The fourth-order valence-electron chi connectivity index (χ4n) is 4.38. The Hall–Kier alpha value is -4.04. The fraction of sp³-hybridized carbons (Fsp3) is 0.0417. The Balaban J connectivity index is 1.60. The number of benzene rings is 3. The second-order valence-corrected chi connectivity index (χ2v) is 8.56. The van der Waals surface area contributed by atoms with Crippen LogP contribution in [0.15, 0.2) is 94.0 Å². The molecule has 154 valence electrons. The number of nitro groups is 1. The number of non-ortho nitro benzene ring substituents is 1. The molecule has 7 nitrogen and oxygen atoms in total. The van der Waals surface area contributed by atoms with Crippen molar-refractivity contribution < 1.29 is 14.5 Å². The number of carbonyl (C=O) groups is 2. The number of para-hydroxylation sites is 1. The predicted octanol–water partition coefficient (Wildman–Crippen LogP) is 4.95. The van der Waals surface area contributed by atoms with Crippen LogP contribution in [0.3, 0.4) is 0 Å². The van der Waals surface area contributed by atoms with Crippen molar-refractivity contribution in [3.05, 3.63) is 111 Å². The minimum atomic E-state index is -0.626. The summed E-state index contributed by atoms with van der Waals surface area (Å²) in [5, 5.41) is 11.8. The number of allylic oxidation sites excluding steroid dienone is 1. The quantitative estimate of drug-likeness (QED) is 0.414. The first-order valence-electron chi connectivity index (χ1n) is 9.86. The normalized spacial score (nSPS) is 18.6. The van der Waals surface area contributed by atoms with Gasteiger partial charge in [-0.25, -0.2) is 4.99 Å². The molecule has 0 fully saturated rings. The summed E-state index contributed by atoms with van der Waals surface area (Å²) < 4.78 is 0. The Morgan fingerprint density at radius 2 is 1.53 bits per heavy atom. The molecule has 1 aliphatic carbocycles. The summed E-state index contributed by atoms with van der Waals surface area (Å²) in [5.74, 6) is -0.540. The van der Waals surface area contributed by atoms with Gasteiger partial charge in [-0.2, -0.15) is 0 Å². The average molecular weight is 439 g/mol. The number of anilines is 1. The summed E-state index contributed by atoms with van der Waals surface area (Å²) in [5.41, 5.74) is 2.64. The first kappa shape index (κ1) is 18.7. The highest BCUT2D eigenvalue weighted by molar-refractivity contribution is 8.14. The third-order valence-electron chi connectivity index (χ3n) is 5.82. The topological polar surface area (TPSA) is 92.9 Å². The summed E-state index contributed by atoms with van der Waals surface area (Å²) in [6.07, 6.45) is 0. The van der Waals surface area contributed by atoms with Crippen LogP contribution in [-0.2, 0) is 0 Å². The van der Waals surface area contributed by atoms with Gasteiger partial charge < -0.3 is 4.90 Å². The minimum Gasteiger partial charge on any atom is -0.308 e. The van der Waals surface area contributed by atoms with Gasteiger partial charge >= 0.3 is 0 Å². The van der Waals surface area contributed by atoms with Gasteiger partial charge in [-0.3, -0.25) is 19.7 Å². The number of thioether (sulfide) groups is 1. The Morgan fingerprint density at radius 3 is 2.25 bits per heavy atom. The Morgan fingerprint density at radius 1 is 0.875 bits per heavy atom. The minimum absolute atomic E-state index is 0.0414. The molecule has 3 aromatic rings. The highest BCUT2D eigenvalue weighted by Gasteiger charge is 2.46. The molecular formula is C24H13N3O4S. The molecule has 0 radical (unpaired) electrons. The van der Waals surface area contributed by atoms with Crippen molar-refractivity contribution in [2.45, 2.75) is 10.9 Å². The largest absolute Gasteiger partial charge is 0.308 e. The van der Waals surface area contributed by atoms with Crippen LogP contribution < -0.4 is 4.90 Å². The number of amidine groups is 1. The van der Waals surface area contributed by atoms with Gasteiger partial charge in [0.25, 0.3) is 5.69 Å². The van der Waals surface area contributed by atoms with E-state index in [1.54, 1.807) is 36.4 Å². The maximum atomic E-state index is 13.6. The number of Topliss-reactive ketones (excluding diaryl/α,β-unsaturated/α-hetero) is 2. The lowest BCUT2D eigenvalue weighted by Crippen LogP contribution is -2.40. The van der Waals surface area contributed by atoms with Crippen LogP contribution in [0, 0.1) is 10.1 Å². The summed E-state index contributed by atoms with van der Waals surface area (Å²) >= 11 is 1.44. The fourth-order valence-corrected chi connectivity index (χ4v) is 5.44. The Labute approximate surface area is 186 Å². The molecule has 3 aliphatic rings. The highest BCUT2D eigenvalue weighted by atomic mass is 32.2. The summed E-state index contributed by atoms with van der Waals surface area (Å²) in [6, 6.07) is 20.0. The molecule has 0 bridgehead atoms. The third kappa shape index (κ3) is 2.53. The van der Waals surface area contributed by atoms with Crippen molar-refractivity contribution in [3.63, 3.8) is 0 Å². The van der Waals surface area contributed by atoms with E-state index in [0.29, 0.717) is 27.4 Å². The smallest absolute Gasteiger partial charge is 0.269 e. The van der Waals surface area contributed by atoms with Crippen LogP contribution in [-0.4, -0.2) is 21.7 Å². The van der Waals surface area contributed by atoms with Gasteiger partial charge in [0.2, 0.25) is 5.78 Å². The van der Waals surface area contributed by atoms with Crippen molar-refractivity contribution in [2.24, 2.45) is 4.99 Å². The van der Waals surface area contributed by atoms with Crippen molar-refractivity contribution in [2.75, 3.05) is 4.90 Å². The first-order chi connectivity index (χ1) is 15.5. The van der Waals surface area contributed by atoms with Crippen LogP contribution >= 0.6 is 11.8 Å². The van der Waals surface area contributed by atoms with Crippen LogP contribution in [0.2, 0.25) is 0 Å². The van der Waals surface area contributed by atoms with Gasteiger partial charge in [0.05, 0.1) is 22.2 Å². The molecule has 1 unspecified atom stereocenters. The number of fused-ring (bicyclic) bond motifs is 4. The van der Waals surface area contributed by atoms with Crippen LogP contribution in [0.1, 0.15) is 32.3 Å². The molecule has 2 heterocycles. The zero-order valence-corrected chi connectivity index (χ0v) is 17.2. The van der Waals surface area contributed by atoms with Gasteiger partial charge in [0.15, 0.2) is 11.0 Å². The molecule has 2 aliphatic heterocycles. The number of aliphatic imine (C=N–C) groups is 1. The van der Waals surface area contributed by atoms with E-state index < -0.39 is 11.0 Å². The Kier molecular flexibility index (Phi) is 3.93. The van der Waals surface area contributed by atoms with Crippen molar-refractivity contribution in [3.8, 4) is 0 Å². The van der Waals surface area contributed by atoms with Gasteiger partial charge in [-0.1, -0.05) is 36.4 Å². The second-order valence-electron chi connectivity index (χ2n) is 7.55. The average Bonchev–Trinajstić information content (AvgIpc) is 3.19. The van der Waals surface area contributed by atoms with E-state index in [2.05, 4.69) is 4.99 Å². The highest BCUT2D eigenvalue weighted by Crippen LogP contribution is 2.51. The van der Waals surface area contributed by atoms with E-state index in [0.717, 1.165) is 10.6 Å². The third-order valence-corrected chi connectivity index (χ3v) is 6.86. The summed E-state index contributed by atoms with van der Waals surface area (Å²) in [4.78, 5) is 45.2. The maximum absolute atomic E-state index is 13.6. The van der Waals surface area contributed by atoms with Crippen LogP contribution in [0.25, 0.3) is 0 Å². The lowest BCUT2D eigenvalue weighted by molar-refractivity contribution is -0.384. The second kappa shape index (κ2) is 6.73. The zero-order chi connectivity index (χ0) is 22.0. The number of carbonyl (C=O) groups excluding carboxylic acids is 2. The molecule has 0 spiro atoms. The molecule has 32 heavy (non-hydrogen) atoms. The first-order valence-corrected chi connectivity index (χ1v) is 10.7. The van der Waals surface area contributed by atoms with Gasteiger partial charge in [-0.15, -0.1) is 0 Å². The number of hydrogen-bond acceptors (Lipinski definition) is 7. The zero-order valence-electron chi connectivity index (χ0n) is 16.4. The molecule has 3 aromatic carbocycles. The molecule has 1 atom stereocenters. The van der Waals surface area contributed by atoms with Gasteiger partial charge in [0, 0.05) is 28.2 Å². The number of ketones is 2.